The molecule has 1 atom stereocenters. The van der Waals surface area contributed by atoms with Gasteiger partial charge in [0.25, 0.3) is 0 Å². The highest BCUT2D eigenvalue weighted by molar-refractivity contribution is 5.85. The van der Waals surface area contributed by atoms with E-state index in [2.05, 4.69) is 9.97 Å². The van der Waals surface area contributed by atoms with E-state index in [1.807, 2.05) is 4.57 Å². The van der Waals surface area contributed by atoms with Gasteiger partial charge in [0.1, 0.15) is 11.9 Å². The average Bonchev–Trinajstić information content (AvgIpc) is 2.98. The quantitative estimate of drug-likeness (QED) is 0.928. The Morgan fingerprint density at radius 1 is 1.40 bits per heavy atom. The van der Waals surface area contributed by atoms with Gasteiger partial charge < -0.3 is 14.4 Å². The van der Waals surface area contributed by atoms with E-state index in [1.165, 1.54) is 6.07 Å². The third-order valence-corrected chi connectivity index (χ3v) is 3.36. The first-order valence-electron chi connectivity index (χ1n) is 6.60. The van der Waals surface area contributed by atoms with E-state index in [1.54, 1.807) is 24.7 Å². The molecule has 3 heterocycles. The molecule has 1 aliphatic rings. The molecule has 20 heavy (non-hydrogen) atoms. The molecule has 1 aliphatic heterocycles. The van der Waals surface area contributed by atoms with Crippen molar-refractivity contribution in [2.24, 2.45) is 0 Å². The smallest absolute Gasteiger partial charge is 0.354 e. The van der Waals surface area contributed by atoms with Gasteiger partial charge >= 0.3 is 5.97 Å². The number of aromatic carboxylic acids is 1. The van der Waals surface area contributed by atoms with Crippen molar-refractivity contribution < 1.29 is 14.6 Å². The van der Waals surface area contributed by atoms with Crippen molar-refractivity contribution in [3.05, 3.63) is 36.4 Å². The van der Waals surface area contributed by atoms with E-state index >= 15 is 0 Å². The number of nitrogens with zero attached hydrogens (tertiary/aromatic N) is 3. The normalized spacial score (nSPS) is 18.9. The highest BCUT2D eigenvalue weighted by Crippen LogP contribution is 2.27. The molecule has 1 saturated heterocycles. The summed E-state index contributed by atoms with van der Waals surface area (Å²) in [6.07, 6.45) is 6.48. The Morgan fingerprint density at radius 2 is 2.30 bits per heavy atom. The van der Waals surface area contributed by atoms with Crippen LogP contribution >= 0.6 is 0 Å². The van der Waals surface area contributed by atoms with Gasteiger partial charge in [-0.3, -0.25) is 0 Å². The van der Waals surface area contributed by atoms with Crippen molar-refractivity contribution in [3.8, 4) is 11.4 Å². The Morgan fingerprint density at radius 3 is 3.05 bits per heavy atom. The first-order chi connectivity index (χ1) is 9.75. The number of hydrogen-bond donors (Lipinski definition) is 1. The molecule has 6 nitrogen and oxygen atoms in total. The second-order valence-corrected chi connectivity index (χ2v) is 4.72. The molecule has 1 fully saturated rings. The molecular weight excluding hydrogens is 258 g/mol. The number of carbonyl (C=O) groups is 1. The van der Waals surface area contributed by atoms with Gasteiger partial charge in [-0.15, -0.1) is 0 Å². The monoisotopic (exact) mass is 273 g/mol. The SMILES string of the molecule is O=C(O)c1cccc(-c2cncn2C2CCCCO2)n1. The number of imidazole rings is 1. The summed E-state index contributed by atoms with van der Waals surface area (Å²) in [6.45, 7) is 0.741. The molecule has 0 amide bonds. The van der Waals surface area contributed by atoms with Crippen LogP contribution in [0.25, 0.3) is 11.4 Å². The van der Waals surface area contributed by atoms with Crippen molar-refractivity contribution in [2.75, 3.05) is 6.61 Å². The maximum absolute atomic E-state index is 11.0. The summed E-state index contributed by atoms with van der Waals surface area (Å²) in [6, 6.07) is 4.94. The molecule has 0 aromatic carbocycles. The zero-order valence-corrected chi connectivity index (χ0v) is 10.9. The number of carboxylic acids is 1. The zero-order valence-electron chi connectivity index (χ0n) is 10.9. The fraction of sp³-hybridized carbons (Fsp3) is 0.357. The molecule has 6 heteroatoms. The van der Waals surface area contributed by atoms with Gasteiger partial charge in [0.05, 0.1) is 23.9 Å². The molecule has 2 aromatic heterocycles. The third kappa shape index (κ3) is 2.42. The molecule has 0 aliphatic carbocycles. The summed E-state index contributed by atoms with van der Waals surface area (Å²) in [7, 11) is 0. The van der Waals surface area contributed by atoms with Gasteiger partial charge in [0, 0.05) is 6.61 Å². The van der Waals surface area contributed by atoms with Gasteiger partial charge in [0.15, 0.2) is 0 Å². The predicted molar refractivity (Wildman–Crippen MR) is 71.3 cm³/mol. The van der Waals surface area contributed by atoms with Crippen molar-refractivity contribution >= 4 is 5.97 Å². The van der Waals surface area contributed by atoms with Crippen LogP contribution in [-0.2, 0) is 4.74 Å². The topological polar surface area (TPSA) is 77.2 Å². The summed E-state index contributed by atoms with van der Waals surface area (Å²) in [5.74, 6) is -1.04. The number of ether oxygens (including phenoxy) is 1. The minimum absolute atomic E-state index is 0.0276. The summed E-state index contributed by atoms with van der Waals surface area (Å²) in [5.41, 5.74) is 1.40. The first-order valence-corrected chi connectivity index (χ1v) is 6.60. The average molecular weight is 273 g/mol. The zero-order chi connectivity index (χ0) is 13.9. The fourth-order valence-corrected chi connectivity index (χ4v) is 2.37. The second-order valence-electron chi connectivity index (χ2n) is 4.72. The summed E-state index contributed by atoms with van der Waals surface area (Å²) >= 11 is 0. The Kier molecular flexibility index (Phi) is 3.47. The lowest BCUT2D eigenvalue weighted by atomic mass is 10.1. The van der Waals surface area contributed by atoms with Gasteiger partial charge in [-0.05, 0) is 31.4 Å². The lowest BCUT2D eigenvalue weighted by Crippen LogP contribution is -2.18. The number of pyridine rings is 1. The number of hydrogen-bond acceptors (Lipinski definition) is 4. The number of carboxylic acid groups (broad SMARTS) is 1. The van der Waals surface area contributed by atoms with Gasteiger partial charge in [0.2, 0.25) is 0 Å². The van der Waals surface area contributed by atoms with Crippen LogP contribution < -0.4 is 0 Å². The van der Waals surface area contributed by atoms with Crippen molar-refractivity contribution in [1.29, 1.82) is 0 Å². The number of rotatable bonds is 3. The van der Waals surface area contributed by atoms with E-state index in [4.69, 9.17) is 9.84 Å². The fourth-order valence-electron chi connectivity index (χ4n) is 2.37. The molecule has 0 radical (unpaired) electrons. The lowest BCUT2D eigenvalue weighted by Gasteiger charge is -2.25. The van der Waals surface area contributed by atoms with Crippen molar-refractivity contribution in [2.45, 2.75) is 25.5 Å². The van der Waals surface area contributed by atoms with Crippen LogP contribution in [0.1, 0.15) is 36.0 Å². The maximum Gasteiger partial charge on any atom is 0.354 e. The van der Waals surface area contributed by atoms with E-state index in [0.29, 0.717) is 5.69 Å². The molecule has 3 rings (SSSR count). The van der Waals surface area contributed by atoms with Crippen LogP contribution in [0.5, 0.6) is 0 Å². The summed E-state index contributed by atoms with van der Waals surface area (Å²) < 4.78 is 7.66. The molecule has 0 saturated carbocycles. The molecule has 2 aromatic rings. The Bertz CT molecular complexity index is 618. The minimum atomic E-state index is -1.04. The molecule has 1 unspecified atom stereocenters. The molecular formula is C14H15N3O3. The van der Waals surface area contributed by atoms with Crippen LogP contribution in [0.3, 0.4) is 0 Å². The van der Waals surface area contributed by atoms with E-state index in [-0.39, 0.29) is 11.9 Å². The van der Waals surface area contributed by atoms with E-state index in [9.17, 15) is 4.79 Å². The van der Waals surface area contributed by atoms with E-state index < -0.39 is 5.97 Å². The van der Waals surface area contributed by atoms with Gasteiger partial charge in [-0.1, -0.05) is 6.07 Å². The standard InChI is InChI=1S/C14H15N3O3/c18-14(19)11-5-3-4-10(16-11)12-8-15-9-17(12)13-6-1-2-7-20-13/h3-5,8-9,13H,1-2,6-7H2,(H,18,19). The van der Waals surface area contributed by atoms with E-state index in [0.717, 1.165) is 31.6 Å². The largest absolute Gasteiger partial charge is 0.477 e. The van der Waals surface area contributed by atoms with Crippen LogP contribution in [0.15, 0.2) is 30.7 Å². The molecule has 0 spiro atoms. The minimum Gasteiger partial charge on any atom is -0.477 e. The first kappa shape index (κ1) is 12.8. The van der Waals surface area contributed by atoms with Crippen LogP contribution in [-0.4, -0.2) is 32.2 Å². The summed E-state index contributed by atoms with van der Waals surface area (Å²) in [4.78, 5) is 19.3. The number of aromatic nitrogens is 3. The highest BCUT2D eigenvalue weighted by Gasteiger charge is 2.19. The third-order valence-electron chi connectivity index (χ3n) is 3.36. The Balaban J connectivity index is 1.96. The lowest BCUT2D eigenvalue weighted by molar-refractivity contribution is -0.0310. The summed E-state index contributed by atoms with van der Waals surface area (Å²) in [5, 5.41) is 9.02. The predicted octanol–water partition coefficient (Wildman–Crippen LogP) is 2.34. The Hall–Kier alpha value is -2.21. The molecule has 1 N–H and O–H groups in total. The van der Waals surface area contributed by atoms with Crippen LogP contribution in [0.4, 0.5) is 0 Å². The van der Waals surface area contributed by atoms with Gasteiger partial charge in [-0.2, -0.15) is 0 Å². The second kappa shape index (κ2) is 5.42. The highest BCUT2D eigenvalue weighted by atomic mass is 16.5. The van der Waals surface area contributed by atoms with Gasteiger partial charge in [-0.25, -0.2) is 14.8 Å². The molecule has 0 bridgehead atoms. The van der Waals surface area contributed by atoms with Crippen LogP contribution in [0.2, 0.25) is 0 Å². The molecule has 104 valence electrons. The Labute approximate surface area is 116 Å². The maximum atomic E-state index is 11.0. The van der Waals surface area contributed by atoms with Crippen molar-refractivity contribution in [3.63, 3.8) is 0 Å². The van der Waals surface area contributed by atoms with Crippen molar-refractivity contribution in [1.82, 2.24) is 14.5 Å². The van der Waals surface area contributed by atoms with Crippen LogP contribution in [0, 0.1) is 0 Å².